The van der Waals surface area contributed by atoms with Crippen molar-refractivity contribution < 1.29 is 14.7 Å². The molecule has 5 nitrogen and oxygen atoms in total. The first-order valence-corrected chi connectivity index (χ1v) is 5.52. The smallest absolute Gasteiger partial charge is 0.407 e. The largest absolute Gasteiger partial charge is 0.465 e. The molecule has 90 valence electrons. The number of likely N-dealkylation sites (tertiary alicyclic amines) is 1. The van der Waals surface area contributed by atoms with Crippen LogP contribution in [0.25, 0.3) is 0 Å². The zero-order chi connectivity index (χ0) is 12.4. The summed E-state index contributed by atoms with van der Waals surface area (Å²) in [5.41, 5.74) is 1.42. The molecule has 0 saturated carbocycles. The number of carboxylic acid groups (broad SMARTS) is 1. The van der Waals surface area contributed by atoms with E-state index in [1.807, 2.05) is 13.0 Å². The van der Waals surface area contributed by atoms with Gasteiger partial charge in [-0.15, -0.1) is 0 Å². The molecule has 0 aliphatic carbocycles. The van der Waals surface area contributed by atoms with E-state index in [9.17, 15) is 9.59 Å². The van der Waals surface area contributed by atoms with E-state index >= 15 is 0 Å². The van der Waals surface area contributed by atoms with Crippen molar-refractivity contribution in [2.45, 2.75) is 13.3 Å². The van der Waals surface area contributed by atoms with Crippen LogP contribution >= 0.6 is 0 Å². The number of rotatable bonds is 2. The van der Waals surface area contributed by atoms with Crippen molar-refractivity contribution in [3.63, 3.8) is 0 Å². The van der Waals surface area contributed by atoms with Crippen LogP contribution in [0.3, 0.4) is 0 Å². The number of hydrogen-bond donors (Lipinski definition) is 1. The number of pyridine rings is 1. The average Bonchev–Trinajstić information content (AvgIpc) is 2.78. The van der Waals surface area contributed by atoms with E-state index in [4.69, 9.17) is 5.11 Å². The van der Waals surface area contributed by atoms with Gasteiger partial charge >= 0.3 is 6.09 Å². The van der Waals surface area contributed by atoms with Crippen LogP contribution in [-0.4, -0.2) is 40.0 Å². The summed E-state index contributed by atoms with van der Waals surface area (Å²) < 4.78 is 0. The highest BCUT2D eigenvalue weighted by atomic mass is 16.4. The van der Waals surface area contributed by atoms with Gasteiger partial charge in [0.25, 0.3) is 0 Å². The number of nitrogens with zero attached hydrogens (tertiary/aromatic N) is 2. The Morgan fingerprint density at radius 3 is 2.76 bits per heavy atom. The molecule has 5 heteroatoms. The van der Waals surface area contributed by atoms with Gasteiger partial charge in [-0.2, -0.15) is 0 Å². The summed E-state index contributed by atoms with van der Waals surface area (Å²) in [6.45, 7) is 2.62. The van der Waals surface area contributed by atoms with E-state index < -0.39 is 6.09 Å². The molecule has 0 spiro atoms. The first kappa shape index (κ1) is 11.6. The zero-order valence-corrected chi connectivity index (χ0v) is 9.59. The lowest BCUT2D eigenvalue weighted by atomic mass is 10.0. The average molecular weight is 234 g/mol. The highest BCUT2D eigenvalue weighted by molar-refractivity contribution is 5.96. The van der Waals surface area contributed by atoms with Gasteiger partial charge in [0.05, 0.1) is 0 Å². The molecule has 1 amide bonds. The van der Waals surface area contributed by atoms with Crippen LogP contribution in [0.15, 0.2) is 18.3 Å². The lowest BCUT2D eigenvalue weighted by Crippen LogP contribution is -2.28. The third kappa shape index (κ3) is 2.43. The molecule has 1 aliphatic rings. The van der Waals surface area contributed by atoms with E-state index in [-0.39, 0.29) is 18.2 Å². The molecule has 1 unspecified atom stereocenters. The monoisotopic (exact) mass is 234 g/mol. The number of aromatic nitrogens is 1. The van der Waals surface area contributed by atoms with Gasteiger partial charge in [-0.05, 0) is 25.0 Å². The molecule has 2 heterocycles. The molecule has 1 aromatic rings. The number of amides is 1. The van der Waals surface area contributed by atoms with E-state index in [0.717, 1.165) is 5.56 Å². The van der Waals surface area contributed by atoms with E-state index in [1.165, 1.54) is 4.90 Å². The molecule has 1 N–H and O–H groups in total. The van der Waals surface area contributed by atoms with Crippen LogP contribution in [0.5, 0.6) is 0 Å². The Labute approximate surface area is 99.1 Å². The van der Waals surface area contributed by atoms with Gasteiger partial charge in [0.2, 0.25) is 0 Å². The molecule has 1 aromatic heterocycles. The third-order valence-corrected chi connectivity index (χ3v) is 2.99. The SMILES string of the molecule is Cc1ccc(C(=O)C2CCN(C(=O)O)C2)nc1. The number of carbonyl (C=O) groups is 2. The van der Waals surface area contributed by atoms with Crippen LogP contribution in [0.1, 0.15) is 22.5 Å². The molecular formula is C12H14N2O3. The minimum atomic E-state index is -0.961. The van der Waals surface area contributed by atoms with Crippen LogP contribution in [0.2, 0.25) is 0 Å². The lowest BCUT2D eigenvalue weighted by molar-refractivity contribution is 0.0917. The lowest BCUT2D eigenvalue weighted by Gasteiger charge is -2.11. The Hall–Kier alpha value is -1.91. The van der Waals surface area contributed by atoms with Crippen LogP contribution in [0, 0.1) is 12.8 Å². The van der Waals surface area contributed by atoms with Crippen molar-refractivity contribution in [2.24, 2.45) is 5.92 Å². The summed E-state index contributed by atoms with van der Waals surface area (Å²) in [6.07, 6.45) is 1.27. The highest BCUT2D eigenvalue weighted by Crippen LogP contribution is 2.20. The van der Waals surface area contributed by atoms with Crippen molar-refractivity contribution in [3.8, 4) is 0 Å². The fourth-order valence-electron chi connectivity index (χ4n) is 1.97. The highest BCUT2D eigenvalue weighted by Gasteiger charge is 2.31. The molecule has 1 saturated heterocycles. The van der Waals surface area contributed by atoms with Gasteiger partial charge in [0.15, 0.2) is 5.78 Å². The van der Waals surface area contributed by atoms with Crippen LogP contribution in [0.4, 0.5) is 4.79 Å². The molecule has 2 rings (SSSR count). The molecule has 0 radical (unpaired) electrons. The molecule has 0 bridgehead atoms. The van der Waals surface area contributed by atoms with Crippen LogP contribution < -0.4 is 0 Å². The summed E-state index contributed by atoms with van der Waals surface area (Å²) in [4.78, 5) is 28.1. The van der Waals surface area contributed by atoms with Gasteiger partial charge in [-0.25, -0.2) is 4.79 Å². The Kier molecular flexibility index (Phi) is 3.08. The topological polar surface area (TPSA) is 70.5 Å². The Morgan fingerprint density at radius 1 is 1.47 bits per heavy atom. The molecule has 1 fully saturated rings. The minimum absolute atomic E-state index is 0.0613. The summed E-state index contributed by atoms with van der Waals surface area (Å²) in [5, 5.41) is 8.82. The number of ketones is 1. The second-order valence-electron chi connectivity index (χ2n) is 4.30. The van der Waals surface area contributed by atoms with Crippen molar-refractivity contribution in [1.82, 2.24) is 9.88 Å². The second kappa shape index (κ2) is 4.53. The third-order valence-electron chi connectivity index (χ3n) is 2.99. The molecule has 1 atom stereocenters. The first-order chi connectivity index (χ1) is 8.08. The van der Waals surface area contributed by atoms with Gasteiger partial charge in [0.1, 0.15) is 5.69 Å². The summed E-state index contributed by atoms with van der Waals surface area (Å²) in [5.74, 6) is -0.310. The Bertz CT molecular complexity index is 442. The zero-order valence-electron chi connectivity index (χ0n) is 9.59. The van der Waals surface area contributed by atoms with Crippen molar-refractivity contribution in [2.75, 3.05) is 13.1 Å². The predicted octanol–water partition coefficient (Wildman–Crippen LogP) is 1.57. The summed E-state index contributed by atoms with van der Waals surface area (Å²) in [6, 6.07) is 3.53. The number of Topliss-reactive ketones (excluding diaryl/α,β-unsaturated/α-hetero) is 1. The van der Waals surface area contributed by atoms with Crippen molar-refractivity contribution >= 4 is 11.9 Å². The second-order valence-corrected chi connectivity index (χ2v) is 4.30. The standard InChI is InChI=1S/C12H14N2O3/c1-8-2-3-10(13-6-8)11(15)9-4-5-14(7-9)12(16)17/h2-3,6,9H,4-5,7H2,1H3,(H,16,17). The maximum atomic E-state index is 12.0. The van der Waals surface area contributed by atoms with Gasteiger partial charge in [-0.1, -0.05) is 6.07 Å². The fraction of sp³-hybridized carbons (Fsp3) is 0.417. The van der Waals surface area contributed by atoms with E-state index in [0.29, 0.717) is 18.7 Å². The Balaban J connectivity index is 2.07. The quantitative estimate of drug-likeness (QED) is 0.788. The predicted molar refractivity (Wildman–Crippen MR) is 61.0 cm³/mol. The van der Waals surface area contributed by atoms with Gasteiger partial charge in [-0.3, -0.25) is 9.78 Å². The van der Waals surface area contributed by atoms with Crippen molar-refractivity contribution in [1.29, 1.82) is 0 Å². The molecule has 17 heavy (non-hydrogen) atoms. The number of hydrogen-bond acceptors (Lipinski definition) is 3. The number of carbonyl (C=O) groups excluding carboxylic acids is 1. The first-order valence-electron chi connectivity index (χ1n) is 5.52. The summed E-state index contributed by atoms with van der Waals surface area (Å²) in [7, 11) is 0. The van der Waals surface area contributed by atoms with E-state index in [1.54, 1.807) is 12.3 Å². The summed E-state index contributed by atoms with van der Waals surface area (Å²) >= 11 is 0. The Morgan fingerprint density at radius 2 is 2.24 bits per heavy atom. The molecule has 0 aromatic carbocycles. The molecule has 1 aliphatic heterocycles. The molecular weight excluding hydrogens is 220 g/mol. The maximum Gasteiger partial charge on any atom is 0.407 e. The van der Waals surface area contributed by atoms with Crippen molar-refractivity contribution in [3.05, 3.63) is 29.6 Å². The number of aryl methyl sites for hydroxylation is 1. The fourth-order valence-corrected chi connectivity index (χ4v) is 1.97. The van der Waals surface area contributed by atoms with Gasteiger partial charge < -0.3 is 10.0 Å². The normalized spacial score (nSPS) is 19.4. The maximum absolute atomic E-state index is 12.0. The van der Waals surface area contributed by atoms with E-state index in [2.05, 4.69) is 4.98 Å². The van der Waals surface area contributed by atoms with Crippen LogP contribution in [-0.2, 0) is 0 Å². The van der Waals surface area contributed by atoms with Gasteiger partial charge in [0, 0.05) is 25.2 Å². The minimum Gasteiger partial charge on any atom is -0.465 e.